The van der Waals surface area contributed by atoms with Crippen LogP contribution in [0.2, 0.25) is 0 Å². The van der Waals surface area contributed by atoms with Crippen LogP contribution < -0.4 is 10.6 Å². The molecule has 1 aliphatic heterocycles. The molecule has 0 aromatic rings. The third-order valence-electron chi connectivity index (χ3n) is 3.67. The molecule has 1 heterocycles. The fraction of sp³-hybridized carbons (Fsp3) is 0.929. The van der Waals surface area contributed by atoms with Crippen LogP contribution in [0.25, 0.3) is 0 Å². The first kappa shape index (κ1) is 22.3. The van der Waals surface area contributed by atoms with E-state index in [0.717, 1.165) is 19.5 Å². The molecule has 122 valence electrons. The predicted octanol–water partition coefficient (Wildman–Crippen LogP) is 2.07. The Balaban J connectivity index is 0. The molecule has 0 radical (unpaired) electrons. The van der Waals surface area contributed by atoms with Gasteiger partial charge >= 0.3 is 0 Å². The molecule has 1 amide bonds. The molecule has 1 saturated heterocycles. The summed E-state index contributed by atoms with van der Waals surface area (Å²) < 4.78 is 0. The van der Waals surface area contributed by atoms with Gasteiger partial charge in [0, 0.05) is 13.0 Å². The standard InChI is InChI=1S/C14H29N3O.2ClH/c1-3-9-17-10-6-13(7-11-17)12-16-14(18)5-4-8-15-2;;/h13,15H,3-12H2,1-2H3,(H,16,18);2*1H. The largest absolute Gasteiger partial charge is 0.356 e. The Bertz CT molecular complexity index is 234. The monoisotopic (exact) mass is 327 g/mol. The highest BCUT2D eigenvalue weighted by Crippen LogP contribution is 2.16. The summed E-state index contributed by atoms with van der Waals surface area (Å²) in [4.78, 5) is 14.1. The van der Waals surface area contributed by atoms with Crippen LogP contribution in [0.4, 0.5) is 0 Å². The third-order valence-corrected chi connectivity index (χ3v) is 3.67. The van der Waals surface area contributed by atoms with Crippen LogP contribution in [0, 0.1) is 5.92 Å². The number of hydrogen-bond donors (Lipinski definition) is 2. The van der Waals surface area contributed by atoms with Crippen molar-refractivity contribution in [1.29, 1.82) is 0 Å². The van der Waals surface area contributed by atoms with Gasteiger partial charge in [0.2, 0.25) is 5.91 Å². The highest BCUT2D eigenvalue weighted by Gasteiger charge is 2.18. The second kappa shape index (κ2) is 13.9. The summed E-state index contributed by atoms with van der Waals surface area (Å²) in [5, 5.41) is 6.13. The lowest BCUT2D eigenvalue weighted by molar-refractivity contribution is -0.121. The molecular weight excluding hydrogens is 297 g/mol. The van der Waals surface area contributed by atoms with Crippen molar-refractivity contribution in [3.05, 3.63) is 0 Å². The van der Waals surface area contributed by atoms with Gasteiger partial charge in [-0.15, -0.1) is 24.8 Å². The fourth-order valence-corrected chi connectivity index (χ4v) is 2.50. The average Bonchev–Trinajstić information content (AvgIpc) is 2.39. The van der Waals surface area contributed by atoms with Gasteiger partial charge in [-0.2, -0.15) is 0 Å². The molecule has 0 spiro atoms. The quantitative estimate of drug-likeness (QED) is 0.671. The maximum atomic E-state index is 11.6. The highest BCUT2D eigenvalue weighted by atomic mass is 35.5. The number of halogens is 2. The fourth-order valence-electron chi connectivity index (χ4n) is 2.50. The van der Waals surface area contributed by atoms with Gasteiger partial charge in [-0.1, -0.05) is 6.92 Å². The van der Waals surface area contributed by atoms with Crippen LogP contribution in [0.15, 0.2) is 0 Å². The van der Waals surface area contributed by atoms with E-state index >= 15 is 0 Å². The summed E-state index contributed by atoms with van der Waals surface area (Å²) in [5.74, 6) is 0.896. The lowest BCUT2D eigenvalue weighted by Gasteiger charge is -2.31. The summed E-state index contributed by atoms with van der Waals surface area (Å²) in [6.45, 7) is 7.66. The Kier molecular flexibility index (Phi) is 15.5. The van der Waals surface area contributed by atoms with E-state index in [4.69, 9.17) is 0 Å². The van der Waals surface area contributed by atoms with Crippen molar-refractivity contribution < 1.29 is 4.79 Å². The van der Waals surface area contributed by atoms with Gasteiger partial charge in [-0.05, 0) is 64.8 Å². The Morgan fingerprint density at radius 3 is 2.45 bits per heavy atom. The van der Waals surface area contributed by atoms with Gasteiger partial charge in [-0.25, -0.2) is 0 Å². The second-order valence-corrected chi connectivity index (χ2v) is 5.30. The number of amides is 1. The average molecular weight is 328 g/mol. The highest BCUT2D eigenvalue weighted by molar-refractivity contribution is 5.85. The van der Waals surface area contributed by atoms with Gasteiger partial charge in [0.1, 0.15) is 0 Å². The van der Waals surface area contributed by atoms with Crippen molar-refractivity contribution in [3.63, 3.8) is 0 Å². The second-order valence-electron chi connectivity index (χ2n) is 5.30. The van der Waals surface area contributed by atoms with Crippen LogP contribution in [0.3, 0.4) is 0 Å². The minimum atomic E-state index is 0. The van der Waals surface area contributed by atoms with Crippen molar-refractivity contribution >= 4 is 30.7 Å². The number of likely N-dealkylation sites (tertiary alicyclic amines) is 1. The Labute approximate surface area is 136 Å². The lowest BCUT2D eigenvalue weighted by atomic mass is 9.96. The van der Waals surface area contributed by atoms with E-state index < -0.39 is 0 Å². The molecule has 1 aliphatic rings. The first-order chi connectivity index (χ1) is 8.76. The van der Waals surface area contributed by atoms with Crippen molar-refractivity contribution in [2.45, 2.75) is 39.0 Å². The molecule has 20 heavy (non-hydrogen) atoms. The predicted molar refractivity (Wildman–Crippen MR) is 90.1 cm³/mol. The van der Waals surface area contributed by atoms with Crippen LogP contribution in [0.1, 0.15) is 39.0 Å². The summed E-state index contributed by atoms with van der Waals surface area (Å²) in [6, 6.07) is 0. The van der Waals surface area contributed by atoms with Crippen LogP contribution in [-0.2, 0) is 4.79 Å². The zero-order valence-electron chi connectivity index (χ0n) is 12.8. The molecule has 0 aromatic heterocycles. The SMILES string of the molecule is CCCN1CCC(CNC(=O)CCCNC)CC1.Cl.Cl. The van der Waals surface area contributed by atoms with E-state index in [1.54, 1.807) is 0 Å². The molecule has 2 N–H and O–H groups in total. The van der Waals surface area contributed by atoms with Crippen molar-refractivity contribution in [1.82, 2.24) is 15.5 Å². The van der Waals surface area contributed by atoms with Crippen molar-refractivity contribution in [2.75, 3.05) is 39.8 Å². The van der Waals surface area contributed by atoms with Crippen LogP contribution in [0.5, 0.6) is 0 Å². The van der Waals surface area contributed by atoms with E-state index in [1.807, 2.05) is 7.05 Å². The van der Waals surface area contributed by atoms with Gasteiger partial charge in [0.15, 0.2) is 0 Å². The molecule has 0 saturated carbocycles. The number of hydrogen-bond acceptors (Lipinski definition) is 3. The smallest absolute Gasteiger partial charge is 0.220 e. The van der Waals surface area contributed by atoms with E-state index in [0.29, 0.717) is 12.3 Å². The first-order valence-corrected chi connectivity index (χ1v) is 7.40. The molecule has 1 rings (SSSR count). The maximum Gasteiger partial charge on any atom is 0.220 e. The summed E-state index contributed by atoms with van der Waals surface area (Å²) in [5.41, 5.74) is 0. The Morgan fingerprint density at radius 1 is 1.25 bits per heavy atom. The molecule has 1 fully saturated rings. The van der Waals surface area contributed by atoms with Gasteiger partial charge in [0.05, 0.1) is 0 Å². The van der Waals surface area contributed by atoms with Crippen molar-refractivity contribution in [2.24, 2.45) is 5.92 Å². The molecule has 0 bridgehead atoms. The van der Waals surface area contributed by atoms with E-state index in [9.17, 15) is 4.79 Å². The lowest BCUT2D eigenvalue weighted by Crippen LogP contribution is -2.38. The normalized spacial score (nSPS) is 16.1. The van der Waals surface area contributed by atoms with E-state index in [1.165, 1.54) is 38.9 Å². The first-order valence-electron chi connectivity index (χ1n) is 7.40. The van der Waals surface area contributed by atoms with Gasteiger partial charge in [0.25, 0.3) is 0 Å². The summed E-state index contributed by atoms with van der Waals surface area (Å²) in [6.07, 6.45) is 5.28. The van der Waals surface area contributed by atoms with Crippen LogP contribution in [-0.4, -0.2) is 50.6 Å². The zero-order chi connectivity index (χ0) is 13.2. The number of rotatable bonds is 8. The number of carbonyl (C=O) groups is 1. The van der Waals surface area contributed by atoms with E-state index in [-0.39, 0.29) is 30.7 Å². The van der Waals surface area contributed by atoms with Crippen LogP contribution >= 0.6 is 24.8 Å². The van der Waals surface area contributed by atoms with Gasteiger partial charge < -0.3 is 15.5 Å². The Hall–Kier alpha value is -0.0300. The molecule has 0 aromatic carbocycles. The van der Waals surface area contributed by atoms with Crippen molar-refractivity contribution in [3.8, 4) is 0 Å². The summed E-state index contributed by atoms with van der Waals surface area (Å²) in [7, 11) is 1.92. The number of piperidine rings is 1. The third kappa shape index (κ3) is 9.81. The molecule has 0 unspecified atom stereocenters. The minimum Gasteiger partial charge on any atom is -0.356 e. The number of carbonyl (C=O) groups excluding carboxylic acids is 1. The van der Waals surface area contributed by atoms with E-state index in [2.05, 4.69) is 22.5 Å². The van der Waals surface area contributed by atoms with Gasteiger partial charge in [-0.3, -0.25) is 4.79 Å². The maximum absolute atomic E-state index is 11.6. The summed E-state index contributed by atoms with van der Waals surface area (Å²) >= 11 is 0. The molecule has 4 nitrogen and oxygen atoms in total. The Morgan fingerprint density at radius 2 is 1.90 bits per heavy atom. The molecular formula is C14H31Cl2N3O. The molecule has 0 aliphatic carbocycles. The topological polar surface area (TPSA) is 44.4 Å². The molecule has 6 heteroatoms. The zero-order valence-corrected chi connectivity index (χ0v) is 14.5. The molecule has 0 atom stereocenters. The minimum absolute atomic E-state index is 0. The number of nitrogens with zero attached hydrogens (tertiary/aromatic N) is 1. The number of nitrogens with one attached hydrogen (secondary N) is 2.